The Morgan fingerprint density at radius 3 is 2.38 bits per heavy atom. The highest BCUT2D eigenvalue weighted by molar-refractivity contribution is 7.89. The molecule has 0 unspecified atom stereocenters. The number of aryl methyl sites for hydroxylation is 2. The van der Waals surface area contributed by atoms with E-state index < -0.39 is 10.0 Å². The first-order chi connectivity index (χ1) is 13.8. The van der Waals surface area contributed by atoms with Crippen LogP contribution < -0.4 is 4.90 Å². The molecule has 0 N–H and O–H groups in total. The predicted molar refractivity (Wildman–Crippen MR) is 114 cm³/mol. The Hall–Kier alpha value is -1.77. The van der Waals surface area contributed by atoms with E-state index >= 15 is 0 Å². The fraction of sp³-hybridized carbons (Fsp3) is 0.500. The molecule has 1 fully saturated rings. The van der Waals surface area contributed by atoms with Gasteiger partial charge in [0.1, 0.15) is 17.5 Å². The molecule has 3 rings (SSSR count). The van der Waals surface area contributed by atoms with Crippen LogP contribution in [-0.4, -0.2) is 54.6 Å². The van der Waals surface area contributed by atoms with Crippen molar-refractivity contribution in [2.24, 2.45) is 0 Å². The number of benzene rings is 1. The number of halogens is 2. The Balaban J connectivity index is 1.96. The van der Waals surface area contributed by atoms with Gasteiger partial charge in [-0.3, -0.25) is 0 Å². The zero-order chi connectivity index (χ0) is 21.2. The Kier molecular flexibility index (Phi) is 6.76. The van der Waals surface area contributed by atoms with Gasteiger partial charge in [-0.1, -0.05) is 24.6 Å². The van der Waals surface area contributed by atoms with Crippen molar-refractivity contribution in [3.8, 4) is 0 Å². The number of hydrogen-bond donors (Lipinski definition) is 0. The second kappa shape index (κ2) is 8.93. The first-order valence-electron chi connectivity index (χ1n) is 9.78. The largest absolute Gasteiger partial charge is 0.354 e. The summed E-state index contributed by atoms with van der Waals surface area (Å²) < 4.78 is 40.3. The number of rotatable bonds is 6. The van der Waals surface area contributed by atoms with Crippen LogP contribution in [-0.2, 0) is 22.9 Å². The molecule has 1 aliphatic heterocycles. The molecule has 1 aromatic heterocycles. The lowest BCUT2D eigenvalue weighted by Crippen LogP contribution is -2.49. The summed E-state index contributed by atoms with van der Waals surface area (Å²) in [6.45, 7) is 7.35. The van der Waals surface area contributed by atoms with E-state index in [9.17, 15) is 12.8 Å². The molecule has 6 nitrogen and oxygen atoms in total. The highest BCUT2D eigenvalue weighted by atomic mass is 35.5. The molecule has 9 heteroatoms. The van der Waals surface area contributed by atoms with Gasteiger partial charge in [-0.15, -0.1) is 0 Å². The standard InChI is InChI=1S/C20H26ClFN4O2S/c1-4-19-16(13-15-17(21)7-6-8-18(15)22)20(24-14(3)23-19)25-9-11-26(12-10-25)29(27,28)5-2/h6-8H,4-5,9-13H2,1-3H3. The number of aromatic nitrogens is 2. The van der Waals surface area contributed by atoms with Gasteiger partial charge in [-0.05, 0) is 32.4 Å². The van der Waals surface area contributed by atoms with E-state index in [4.69, 9.17) is 11.6 Å². The summed E-state index contributed by atoms with van der Waals surface area (Å²) in [6, 6.07) is 4.66. The number of hydrogen-bond acceptors (Lipinski definition) is 5. The van der Waals surface area contributed by atoms with Crippen molar-refractivity contribution >= 4 is 27.4 Å². The molecule has 29 heavy (non-hydrogen) atoms. The highest BCUT2D eigenvalue weighted by Crippen LogP contribution is 2.29. The van der Waals surface area contributed by atoms with Crippen molar-refractivity contribution in [2.75, 3.05) is 36.8 Å². The van der Waals surface area contributed by atoms with Crippen LogP contribution in [0.2, 0.25) is 5.02 Å². The van der Waals surface area contributed by atoms with E-state index in [0.717, 1.165) is 17.1 Å². The first kappa shape index (κ1) is 21.9. The first-order valence-corrected chi connectivity index (χ1v) is 11.8. The van der Waals surface area contributed by atoms with Crippen LogP contribution in [0.25, 0.3) is 0 Å². The molecule has 2 heterocycles. The van der Waals surface area contributed by atoms with E-state index in [2.05, 4.69) is 14.9 Å². The number of nitrogens with zero attached hydrogens (tertiary/aromatic N) is 4. The van der Waals surface area contributed by atoms with Crippen LogP contribution in [0.15, 0.2) is 18.2 Å². The predicted octanol–water partition coefficient (Wildman–Crippen LogP) is 3.20. The van der Waals surface area contributed by atoms with Crippen molar-refractivity contribution in [1.82, 2.24) is 14.3 Å². The maximum atomic E-state index is 14.4. The van der Waals surface area contributed by atoms with E-state index in [-0.39, 0.29) is 18.0 Å². The molecule has 158 valence electrons. The third kappa shape index (κ3) is 4.70. The molecule has 0 saturated carbocycles. The van der Waals surface area contributed by atoms with Crippen LogP contribution in [0.5, 0.6) is 0 Å². The maximum absolute atomic E-state index is 14.4. The second-order valence-corrected chi connectivity index (χ2v) is 9.70. The van der Waals surface area contributed by atoms with Gasteiger partial charge in [0.05, 0.1) is 5.75 Å². The summed E-state index contributed by atoms with van der Waals surface area (Å²) in [5, 5.41) is 0.373. The lowest BCUT2D eigenvalue weighted by molar-refractivity contribution is 0.384. The second-order valence-electron chi connectivity index (χ2n) is 7.04. The van der Waals surface area contributed by atoms with Crippen LogP contribution in [0, 0.1) is 12.7 Å². The number of anilines is 1. The van der Waals surface area contributed by atoms with Crippen LogP contribution in [0.3, 0.4) is 0 Å². The molecule has 0 amide bonds. The minimum Gasteiger partial charge on any atom is -0.354 e. The quantitative estimate of drug-likeness (QED) is 0.690. The van der Waals surface area contributed by atoms with Gasteiger partial charge in [-0.2, -0.15) is 4.31 Å². The molecule has 1 aliphatic rings. The SMILES string of the molecule is CCc1nc(C)nc(N2CCN(S(=O)(=O)CC)CC2)c1Cc1c(F)cccc1Cl. The smallest absolute Gasteiger partial charge is 0.213 e. The fourth-order valence-electron chi connectivity index (χ4n) is 3.61. The monoisotopic (exact) mass is 440 g/mol. The lowest BCUT2D eigenvalue weighted by Gasteiger charge is -2.35. The molecule has 0 atom stereocenters. The van der Waals surface area contributed by atoms with E-state index in [1.807, 2.05) is 13.8 Å². The average molecular weight is 441 g/mol. The van der Waals surface area contributed by atoms with Crippen molar-refractivity contribution < 1.29 is 12.8 Å². The van der Waals surface area contributed by atoms with Gasteiger partial charge < -0.3 is 4.90 Å². The third-order valence-corrected chi connectivity index (χ3v) is 7.46. The molecule has 0 spiro atoms. The Morgan fingerprint density at radius 2 is 1.79 bits per heavy atom. The summed E-state index contributed by atoms with van der Waals surface area (Å²) >= 11 is 6.26. The molecular weight excluding hydrogens is 415 g/mol. The molecule has 1 aromatic carbocycles. The summed E-state index contributed by atoms with van der Waals surface area (Å²) in [5.41, 5.74) is 2.12. The van der Waals surface area contributed by atoms with Gasteiger partial charge in [0.2, 0.25) is 10.0 Å². The molecule has 0 radical (unpaired) electrons. The van der Waals surface area contributed by atoms with Gasteiger partial charge in [-0.25, -0.2) is 22.8 Å². The highest BCUT2D eigenvalue weighted by Gasteiger charge is 2.28. The van der Waals surface area contributed by atoms with Gasteiger partial charge in [0.15, 0.2) is 0 Å². The van der Waals surface area contributed by atoms with E-state index in [1.165, 1.54) is 10.4 Å². The van der Waals surface area contributed by atoms with Gasteiger partial charge in [0, 0.05) is 54.4 Å². The molecule has 0 bridgehead atoms. The molecule has 1 saturated heterocycles. The van der Waals surface area contributed by atoms with Crippen molar-refractivity contribution in [1.29, 1.82) is 0 Å². The number of piperazine rings is 1. The molecule has 2 aromatic rings. The topological polar surface area (TPSA) is 66.4 Å². The van der Waals surface area contributed by atoms with Crippen LogP contribution in [0.1, 0.15) is 36.5 Å². The van der Waals surface area contributed by atoms with E-state index in [0.29, 0.717) is 49.0 Å². The van der Waals surface area contributed by atoms with Gasteiger partial charge >= 0.3 is 0 Å². The fourth-order valence-corrected chi connectivity index (χ4v) is 4.93. The van der Waals surface area contributed by atoms with Crippen molar-refractivity contribution in [2.45, 2.75) is 33.6 Å². The Morgan fingerprint density at radius 1 is 1.10 bits per heavy atom. The lowest BCUT2D eigenvalue weighted by atomic mass is 10.0. The summed E-state index contributed by atoms with van der Waals surface area (Å²) in [4.78, 5) is 11.3. The van der Waals surface area contributed by atoms with Crippen molar-refractivity contribution in [3.63, 3.8) is 0 Å². The summed E-state index contributed by atoms with van der Waals surface area (Å²) in [7, 11) is -3.21. The normalized spacial score (nSPS) is 15.7. The van der Waals surface area contributed by atoms with Crippen LogP contribution in [0.4, 0.5) is 10.2 Å². The van der Waals surface area contributed by atoms with E-state index in [1.54, 1.807) is 19.1 Å². The van der Waals surface area contributed by atoms with Gasteiger partial charge in [0.25, 0.3) is 0 Å². The zero-order valence-electron chi connectivity index (χ0n) is 17.0. The van der Waals surface area contributed by atoms with Crippen molar-refractivity contribution in [3.05, 3.63) is 51.7 Å². The average Bonchev–Trinajstić information content (AvgIpc) is 2.71. The minimum atomic E-state index is -3.21. The Bertz CT molecular complexity index is 972. The Labute approximate surface area is 176 Å². The molecule has 0 aliphatic carbocycles. The maximum Gasteiger partial charge on any atom is 0.213 e. The summed E-state index contributed by atoms with van der Waals surface area (Å²) in [5.74, 6) is 1.12. The minimum absolute atomic E-state index is 0.0939. The number of sulfonamides is 1. The summed E-state index contributed by atoms with van der Waals surface area (Å²) in [6.07, 6.45) is 0.972. The third-order valence-electron chi connectivity index (χ3n) is 5.23. The van der Waals surface area contributed by atoms with Crippen LogP contribution >= 0.6 is 11.6 Å². The zero-order valence-corrected chi connectivity index (χ0v) is 18.5. The molecular formula is C20H26ClFN4O2S.